The number of nitrogens with zero attached hydrogens (tertiary/aromatic N) is 2. The number of aliphatic carboxylic acids is 1. The van der Waals surface area contributed by atoms with E-state index in [2.05, 4.69) is 0 Å². The Balaban J connectivity index is 1.71. The molecule has 25 heavy (non-hydrogen) atoms. The van der Waals surface area contributed by atoms with Gasteiger partial charge in [-0.05, 0) is 31.4 Å². The van der Waals surface area contributed by atoms with Crippen molar-refractivity contribution in [2.24, 2.45) is 0 Å². The van der Waals surface area contributed by atoms with Crippen LogP contribution in [0.2, 0.25) is 0 Å². The van der Waals surface area contributed by atoms with Gasteiger partial charge in [-0.2, -0.15) is 0 Å². The van der Waals surface area contributed by atoms with Crippen molar-refractivity contribution in [1.29, 1.82) is 0 Å². The van der Waals surface area contributed by atoms with Crippen LogP contribution < -0.4 is 0 Å². The highest BCUT2D eigenvalue weighted by Crippen LogP contribution is 2.32. The van der Waals surface area contributed by atoms with Crippen LogP contribution in [0.3, 0.4) is 0 Å². The molecular formula is C16H16N2O5S2. The Morgan fingerprint density at radius 2 is 2.24 bits per heavy atom. The summed E-state index contributed by atoms with van der Waals surface area (Å²) in [5, 5.41) is 9.28. The zero-order valence-electron chi connectivity index (χ0n) is 13.2. The maximum atomic E-state index is 12.5. The molecule has 0 spiro atoms. The third-order valence-corrected chi connectivity index (χ3v) is 5.47. The van der Waals surface area contributed by atoms with Gasteiger partial charge in [-0.15, -0.1) is 0 Å². The van der Waals surface area contributed by atoms with E-state index >= 15 is 0 Å². The Bertz CT molecular complexity index is 744. The number of hydrogen-bond acceptors (Lipinski definition) is 6. The number of furan rings is 1. The molecule has 0 saturated carbocycles. The zero-order chi connectivity index (χ0) is 18.0. The number of rotatable bonds is 4. The predicted molar refractivity (Wildman–Crippen MR) is 95.6 cm³/mol. The lowest BCUT2D eigenvalue weighted by molar-refractivity contribution is -0.152. The van der Waals surface area contributed by atoms with Crippen LogP contribution in [-0.4, -0.2) is 56.1 Å². The number of piperidine rings is 1. The molecule has 2 fully saturated rings. The maximum absolute atomic E-state index is 12.5. The highest BCUT2D eigenvalue weighted by Gasteiger charge is 2.37. The summed E-state index contributed by atoms with van der Waals surface area (Å²) < 4.78 is 5.46. The van der Waals surface area contributed by atoms with Gasteiger partial charge < -0.3 is 14.4 Å². The molecule has 1 N–H and O–H groups in total. The van der Waals surface area contributed by atoms with E-state index in [1.165, 1.54) is 16.1 Å². The summed E-state index contributed by atoms with van der Waals surface area (Å²) in [4.78, 5) is 39.3. The zero-order valence-corrected chi connectivity index (χ0v) is 14.8. The first-order valence-corrected chi connectivity index (χ1v) is 9.01. The quantitative estimate of drug-likeness (QED) is 0.630. The highest BCUT2D eigenvalue weighted by molar-refractivity contribution is 8.26. The monoisotopic (exact) mass is 380 g/mol. The van der Waals surface area contributed by atoms with Crippen molar-refractivity contribution in [3.63, 3.8) is 0 Å². The second-order valence-electron chi connectivity index (χ2n) is 5.72. The topological polar surface area (TPSA) is 91.1 Å². The lowest BCUT2D eigenvalue weighted by atomic mass is 10.0. The summed E-state index contributed by atoms with van der Waals surface area (Å²) >= 11 is 6.30. The first-order chi connectivity index (χ1) is 12.0. The summed E-state index contributed by atoms with van der Waals surface area (Å²) in [6.45, 7) is 0.136. The fourth-order valence-corrected chi connectivity index (χ4v) is 4.09. The number of carbonyl (C=O) groups excluding carboxylic acids is 2. The van der Waals surface area contributed by atoms with Crippen LogP contribution in [0.25, 0.3) is 6.08 Å². The fourth-order valence-electron chi connectivity index (χ4n) is 2.85. The highest BCUT2D eigenvalue weighted by atomic mass is 32.2. The van der Waals surface area contributed by atoms with Crippen molar-refractivity contribution in [3.05, 3.63) is 29.1 Å². The number of thioether (sulfide) groups is 1. The second kappa shape index (κ2) is 7.40. The van der Waals surface area contributed by atoms with Crippen molar-refractivity contribution in [2.45, 2.75) is 25.3 Å². The van der Waals surface area contributed by atoms with Crippen molar-refractivity contribution in [1.82, 2.24) is 9.80 Å². The predicted octanol–water partition coefficient (Wildman–Crippen LogP) is 1.95. The SMILES string of the molecule is O=C(O)[C@@H]1CCCCN1C(=O)CN1C(=O)/C(=C/c2ccco2)SC1=S. The third-order valence-electron chi connectivity index (χ3n) is 4.09. The molecule has 2 aliphatic rings. The fraction of sp³-hybridized carbons (Fsp3) is 0.375. The molecule has 132 valence electrons. The lowest BCUT2D eigenvalue weighted by Gasteiger charge is -2.33. The second-order valence-corrected chi connectivity index (χ2v) is 7.40. The van der Waals surface area contributed by atoms with Crippen molar-refractivity contribution < 1.29 is 23.9 Å². The van der Waals surface area contributed by atoms with Crippen LogP contribution in [0.15, 0.2) is 27.7 Å². The maximum Gasteiger partial charge on any atom is 0.326 e. The van der Waals surface area contributed by atoms with E-state index in [4.69, 9.17) is 16.6 Å². The molecule has 3 rings (SSSR count). The average molecular weight is 380 g/mol. The van der Waals surface area contributed by atoms with Gasteiger partial charge in [-0.3, -0.25) is 14.5 Å². The van der Waals surface area contributed by atoms with Crippen LogP contribution in [-0.2, 0) is 14.4 Å². The van der Waals surface area contributed by atoms with Gasteiger partial charge in [-0.1, -0.05) is 24.0 Å². The van der Waals surface area contributed by atoms with Crippen LogP contribution in [0.5, 0.6) is 0 Å². The first kappa shape index (κ1) is 17.7. The van der Waals surface area contributed by atoms with Crippen molar-refractivity contribution in [3.8, 4) is 0 Å². The molecular weight excluding hydrogens is 364 g/mol. The standard InChI is InChI=1S/C16H16N2O5S2/c19-13(17-6-2-1-5-11(17)15(21)22)9-18-14(20)12(25-16(18)24)8-10-4-3-7-23-10/h3-4,7-8,11H,1-2,5-6,9H2,(H,21,22)/b12-8-/t11-/m0/s1. The lowest BCUT2D eigenvalue weighted by Crippen LogP contribution is -2.51. The number of carboxylic acid groups (broad SMARTS) is 1. The van der Waals surface area contributed by atoms with E-state index in [9.17, 15) is 19.5 Å². The average Bonchev–Trinajstić information content (AvgIpc) is 3.19. The summed E-state index contributed by atoms with van der Waals surface area (Å²) in [7, 11) is 0. The Labute approximate surface area is 153 Å². The number of thiocarbonyl (C=S) groups is 1. The normalized spacial score (nSPS) is 22.7. The summed E-state index contributed by atoms with van der Waals surface area (Å²) in [6, 6.07) is 2.58. The minimum atomic E-state index is -1.02. The summed E-state index contributed by atoms with van der Waals surface area (Å²) in [6.07, 6.45) is 5.03. The van der Waals surface area contributed by atoms with E-state index in [1.807, 2.05) is 0 Å². The van der Waals surface area contributed by atoms with Crippen LogP contribution in [0, 0.1) is 0 Å². The van der Waals surface area contributed by atoms with Crippen LogP contribution >= 0.6 is 24.0 Å². The van der Waals surface area contributed by atoms with E-state index in [0.29, 0.717) is 23.6 Å². The smallest absolute Gasteiger partial charge is 0.326 e. The number of carboxylic acids is 1. The van der Waals surface area contributed by atoms with Gasteiger partial charge in [0.1, 0.15) is 22.7 Å². The summed E-state index contributed by atoms with van der Waals surface area (Å²) in [5.41, 5.74) is 0. The Hall–Kier alpha value is -2.13. The molecule has 1 aromatic heterocycles. The molecule has 9 heteroatoms. The molecule has 1 aromatic rings. The molecule has 0 bridgehead atoms. The molecule has 0 aliphatic carbocycles. The third kappa shape index (κ3) is 3.77. The molecule has 2 aliphatic heterocycles. The van der Waals surface area contributed by atoms with Gasteiger partial charge in [0.15, 0.2) is 0 Å². The van der Waals surface area contributed by atoms with Gasteiger partial charge in [0.25, 0.3) is 5.91 Å². The largest absolute Gasteiger partial charge is 0.480 e. The van der Waals surface area contributed by atoms with E-state index in [-0.39, 0.29) is 16.8 Å². The Kier molecular flexibility index (Phi) is 5.24. The molecule has 7 nitrogen and oxygen atoms in total. The van der Waals surface area contributed by atoms with E-state index in [0.717, 1.165) is 24.6 Å². The molecule has 0 aromatic carbocycles. The number of carbonyl (C=O) groups is 3. The molecule has 0 unspecified atom stereocenters. The van der Waals surface area contributed by atoms with E-state index < -0.39 is 17.9 Å². The first-order valence-electron chi connectivity index (χ1n) is 7.78. The van der Waals surface area contributed by atoms with Gasteiger partial charge in [0.05, 0.1) is 11.2 Å². The van der Waals surface area contributed by atoms with E-state index in [1.54, 1.807) is 18.2 Å². The van der Waals surface area contributed by atoms with Gasteiger partial charge in [0.2, 0.25) is 5.91 Å². The van der Waals surface area contributed by atoms with Crippen LogP contribution in [0.1, 0.15) is 25.0 Å². The van der Waals surface area contributed by atoms with Gasteiger partial charge in [0, 0.05) is 12.6 Å². The Morgan fingerprint density at radius 1 is 1.44 bits per heavy atom. The minimum Gasteiger partial charge on any atom is -0.480 e. The number of amides is 2. The minimum absolute atomic E-state index is 0.246. The van der Waals surface area contributed by atoms with Gasteiger partial charge >= 0.3 is 5.97 Å². The molecule has 2 saturated heterocycles. The summed E-state index contributed by atoms with van der Waals surface area (Å²) in [5.74, 6) is -1.27. The van der Waals surface area contributed by atoms with Crippen molar-refractivity contribution >= 4 is 52.2 Å². The van der Waals surface area contributed by atoms with Crippen molar-refractivity contribution in [2.75, 3.05) is 13.1 Å². The molecule has 0 radical (unpaired) electrons. The van der Waals surface area contributed by atoms with Crippen LogP contribution in [0.4, 0.5) is 0 Å². The number of hydrogen-bond donors (Lipinski definition) is 1. The van der Waals surface area contributed by atoms with Gasteiger partial charge in [-0.25, -0.2) is 4.79 Å². The molecule has 1 atom stereocenters. The Morgan fingerprint density at radius 3 is 2.92 bits per heavy atom. The number of likely N-dealkylation sites (tertiary alicyclic amines) is 1. The molecule has 3 heterocycles. The molecule has 2 amide bonds.